The number of aromatic nitrogens is 3. The first kappa shape index (κ1) is 12.5. The lowest BCUT2D eigenvalue weighted by molar-refractivity contribution is -0.133. The van der Waals surface area contributed by atoms with Crippen LogP contribution in [0.3, 0.4) is 0 Å². The van der Waals surface area contributed by atoms with E-state index in [9.17, 15) is 4.79 Å². The monoisotopic (exact) mass is 305 g/mol. The Hall–Kier alpha value is -1.04. The molecule has 1 N–H and O–H groups in total. The van der Waals surface area contributed by atoms with Crippen LogP contribution in [-0.2, 0) is 4.79 Å². The Kier molecular flexibility index (Phi) is 2.53. The van der Waals surface area contributed by atoms with E-state index in [2.05, 4.69) is 14.8 Å². The van der Waals surface area contributed by atoms with Crippen molar-refractivity contribution in [3.05, 3.63) is 5.82 Å². The smallest absolute Gasteiger partial charge is 0.313 e. The predicted octanol–water partition coefficient (Wildman–Crippen LogP) is 2.55. The lowest BCUT2D eigenvalue weighted by Crippen LogP contribution is -2.07. The van der Waals surface area contributed by atoms with Gasteiger partial charge in [-0.3, -0.25) is 4.79 Å². The van der Waals surface area contributed by atoms with E-state index < -0.39 is 5.97 Å². The summed E-state index contributed by atoms with van der Waals surface area (Å²) in [5.74, 6) is 4.70. The molecule has 0 aromatic carbocycles. The zero-order valence-corrected chi connectivity index (χ0v) is 12.6. The van der Waals surface area contributed by atoms with E-state index in [-0.39, 0.29) is 5.75 Å². The number of rotatable bonds is 5. The number of fused-ring (bicyclic) bond motifs is 5. The lowest BCUT2D eigenvalue weighted by Gasteiger charge is -2.11. The zero-order chi connectivity index (χ0) is 14.1. The third-order valence-electron chi connectivity index (χ3n) is 5.96. The molecule has 4 fully saturated rings. The summed E-state index contributed by atoms with van der Waals surface area (Å²) in [4.78, 5) is 10.8. The first-order chi connectivity index (χ1) is 10.2. The minimum atomic E-state index is -0.784. The number of aliphatic carboxylic acids is 1. The van der Waals surface area contributed by atoms with Gasteiger partial charge in [-0.2, -0.15) is 0 Å². The Morgan fingerprint density at radius 2 is 1.90 bits per heavy atom. The van der Waals surface area contributed by atoms with Crippen LogP contribution in [0.25, 0.3) is 0 Å². The van der Waals surface area contributed by atoms with Gasteiger partial charge in [-0.1, -0.05) is 11.8 Å². The Balaban J connectivity index is 1.44. The molecule has 21 heavy (non-hydrogen) atoms. The first-order valence-electron chi connectivity index (χ1n) is 8.03. The largest absolute Gasteiger partial charge is 0.481 e. The maximum Gasteiger partial charge on any atom is 0.313 e. The van der Waals surface area contributed by atoms with Gasteiger partial charge in [0.2, 0.25) is 0 Å². The molecular weight excluding hydrogens is 286 g/mol. The normalized spacial score (nSPS) is 39.5. The van der Waals surface area contributed by atoms with Gasteiger partial charge in [-0.25, -0.2) is 0 Å². The van der Waals surface area contributed by atoms with Crippen molar-refractivity contribution in [2.75, 3.05) is 5.75 Å². The Bertz CT molecular complexity index is 596. The van der Waals surface area contributed by atoms with Crippen molar-refractivity contribution >= 4 is 17.7 Å². The van der Waals surface area contributed by atoms with Gasteiger partial charge in [0, 0.05) is 12.0 Å². The Morgan fingerprint density at radius 1 is 1.19 bits per heavy atom. The highest BCUT2D eigenvalue weighted by Gasteiger charge is 2.67. The van der Waals surface area contributed by atoms with Crippen LogP contribution in [-0.4, -0.2) is 31.6 Å². The molecule has 5 nitrogen and oxygen atoms in total. The molecule has 5 rings (SSSR count). The van der Waals surface area contributed by atoms with Crippen molar-refractivity contribution in [3.63, 3.8) is 0 Å². The molecule has 1 aromatic rings. The van der Waals surface area contributed by atoms with E-state index in [1.807, 2.05) is 0 Å². The second-order valence-electron chi connectivity index (χ2n) is 7.14. The molecule has 1 aromatic heterocycles. The van der Waals surface area contributed by atoms with Crippen molar-refractivity contribution in [2.45, 2.75) is 49.2 Å². The SMILES string of the molecule is O=C(O)CSc1nnc(C2C3C4CCC(C4)C23)n1C1CC1. The number of hydrogen-bond acceptors (Lipinski definition) is 4. The molecule has 4 aliphatic carbocycles. The van der Waals surface area contributed by atoms with Crippen LogP contribution < -0.4 is 0 Å². The maximum atomic E-state index is 10.8. The van der Waals surface area contributed by atoms with E-state index in [1.165, 1.54) is 49.7 Å². The highest BCUT2D eigenvalue weighted by atomic mass is 32.2. The highest BCUT2D eigenvalue weighted by molar-refractivity contribution is 7.99. The van der Waals surface area contributed by atoms with Crippen molar-refractivity contribution in [1.29, 1.82) is 0 Å². The summed E-state index contributed by atoms with van der Waals surface area (Å²) in [6.07, 6.45) is 6.67. The highest BCUT2D eigenvalue weighted by Crippen LogP contribution is 2.73. The summed E-state index contributed by atoms with van der Waals surface area (Å²) in [6.45, 7) is 0. The molecule has 4 unspecified atom stereocenters. The second-order valence-corrected chi connectivity index (χ2v) is 8.08. The molecule has 4 aliphatic rings. The number of carboxylic acids is 1. The summed E-state index contributed by atoms with van der Waals surface area (Å²) in [7, 11) is 0. The van der Waals surface area contributed by atoms with E-state index in [1.54, 1.807) is 0 Å². The Labute approximate surface area is 127 Å². The van der Waals surface area contributed by atoms with Crippen LogP contribution >= 0.6 is 11.8 Å². The quantitative estimate of drug-likeness (QED) is 0.847. The van der Waals surface area contributed by atoms with Crippen molar-refractivity contribution < 1.29 is 9.90 Å². The van der Waals surface area contributed by atoms with Crippen molar-refractivity contribution in [3.8, 4) is 0 Å². The topological polar surface area (TPSA) is 68.0 Å². The molecule has 2 bridgehead atoms. The average Bonchev–Trinajstić information content (AvgIpc) is 3.32. The molecule has 112 valence electrons. The van der Waals surface area contributed by atoms with Crippen LogP contribution in [0, 0.1) is 23.7 Å². The number of hydrogen-bond donors (Lipinski definition) is 1. The third kappa shape index (κ3) is 1.81. The molecular formula is C15H19N3O2S. The summed E-state index contributed by atoms with van der Waals surface area (Å²) in [6, 6.07) is 0.533. The van der Waals surface area contributed by atoms with Gasteiger partial charge in [0.05, 0.1) is 5.75 Å². The second kappa shape index (κ2) is 4.24. The van der Waals surface area contributed by atoms with Crippen molar-refractivity contribution in [2.24, 2.45) is 23.7 Å². The predicted molar refractivity (Wildman–Crippen MR) is 77.2 cm³/mol. The number of carbonyl (C=O) groups is 1. The number of nitrogens with zero attached hydrogens (tertiary/aromatic N) is 3. The molecule has 1 heterocycles. The third-order valence-corrected chi connectivity index (χ3v) is 6.89. The van der Waals surface area contributed by atoms with Gasteiger partial charge >= 0.3 is 5.97 Å². The molecule has 4 saturated carbocycles. The van der Waals surface area contributed by atoms with Crippen LogP contribution in [0.2, 0.25) is 0 Å². The molecule has 0 amide bonds. The standard InChI is InChI=1S/C15H19N3O2S/c19-10(20)6-21-15-17-16-14(18(15)9-3-4-9)13-11-7-1-2-8(5-7)12(11)13/h7-9,11-13H,1-6H2,(H,19,20). The molecule has 0 radical (unpaired) electrons. The van der Waals surface area contributed by atoms with Gasteiger partial charge < -0.3 is 9.67 Å². The summed E-state index contributed by atoms with van der Waals surface area (Å²) >= 11 is 1.32. The van der Waals surface area contributed by atoms with Crippen molar-refractivity contribution in [1.82, 2.24) is 14.8 Å². The van der Waals surface area contributed by atoms with Gasteiger partial charge in [0.15, 0.2) is 5.16 Å². The molecule has 4 atom stereocenters. The lowest BCUT2D eigenvalue weighted by atomic mass is 10.0. The Morgan fingerprint density at radius 3 is 2.52 bits per heavy atom. The fourth-order valence-corrected chi connectivity index (χ4v) is 5.82. The van der Waals surface area contributed by atoms with Crippen LogP contribution in [0.4, 0.5) is 0 Å². The average molecular weight is 305 g/mol. The van der Waals surface area contributed by atoms with Gasteiger partial charge in [-0.05, 0) is 55.8 Å². The first-order valence-corrected chi connectivity index (χ1v) is 9.02. The molecule has 0 spiro atoms. The van der Waals surface area contributed by atoms with Crippen LogP contribution in [0.15, 0.2) is 5.16 Å². The minimum absolute atomic E-state index is 0.0770. The van der Waals surface area contributed by atoms with E-state index >= 15 is 0 Å². The molecule has 0 aliphatic heterocycles. The van der Waals surface area contributed by atoms with Gasteiger partial charge in [-0.15, -0.1) is 10.2 Å². The summed E-state index contributed by atoms with van der Waals surface area (Å²) in [5, 5.41) is 18.5. The van der Waals surface area contributed by atoms with Crippen LogP contribution in [0.1, 0.15) is 49.9 Å². The summed E-state index contributed by atoms with van der Waals surface area (Å²) < 4.78 is 2.29. The number of carboxylic acid groups (broad SMARTS) is 1. The zero-order valence-electron chi connectivity index (χ0n) is 11.8. The fraction of sp³-hybridized carbons (Fsp3) is 0.800. The number of thioether (sulfide) groups is 1. The molecule has 6 heteroatoms. The minimum Gasteiger partial charge on any atom is -0.481 e. The van der Waals surface area contributed by atoms with Crippen LogP contribution in [0.5, 0.6) is 0 Å². The van der Waals surface area contributed by atoms with Gasteiger partial charge in [0.25, 0.3) is 0 Å². The van der Waals surface area contributed by atoms with E-state index in [0.29, 0.717) is 12.0 Å². The van der Waals surface area contributed by atoms with E-state index in [0.717, 1.165) is 28.8 Å². The summed E-state index contributed by atoms with van der Waals surface area (Å²) in [5.41, 5.74) is 0. The molecule has 0 saturated heterocycles. The maximum absolute atomic E-state index is 10.8. The fourth-order valence-electron chi connectivity index (χ4n) is 5.09. The van der Waals surface area contributed by atoms with Gasteiger partial charge in [0.1, 0.15) is 5.82 Å². The van der Waals surface area contributed by atoms with E-state index in [4.69, 9.17) is 5.11 Å².